The van der Waals surface area contributed by atoms with Crippen LogP contribution in [-0.4, -0.2) is 47.4 Å². The van der Waals surface area contributed by atoms with Gasteiger partial charge in [0.25, 0.3) is 0 Å². The Kier molecular flexibility index (Phi) is 6.72. The number of hydrogen-bond acceptors (Lipinski definition) is 5. The van der Waals surface area contributed by atoms with Crippen molar-refractivity contribution in [3.63, 3.8) is 0 Å². The summed E-state index contributed by atoms with van der Waals surface area (Å²) < 4.78 is 13.1. The molecule has 2 aromatic carbocycles. The predicted octanol–water partition coefficient (Wildman–Crippen LogP) is 2.99. The molecule has 3 aliphatic rings. The molecule has 8 heteroatoms. The molecular formula is C26H29FN4O2S. The highest BCUT2D eigenvalue weighted by Crippen LogP contribution is 2.39. The van der Waals surface area contributed by atoms with Crippen molar-refractivity contribution in [2.45, 2.75) is 43.9 Å². The van der Waals surface area contributed by atoms with E-state index in [2.05, 4.69) is 57.4 Å². The number of rotatable bonds is 5. The highest BCUT2D eigenvalue weighted by Gasteiger charge is 2.44. The van der Waals surface area contributed by atoms with Gasteiger partial charge in [-0.15, -0.1) is 11.8 Å². The molecule has 3 heterocycles. The fourth-order valence-corrected chi connectivity index (χ4v) is 6.05. The molecule has 2 amide bonds. The van der Waals surface area contributed by atoms with E-state index in [-0.39, 0.29) is 41.1 Å². The zero-order valence-corrected chi connectivity index (χ0v) is 19.9. The first-order chi connectivity index (χ1) is 16.5. The van der Waals surface area contributed by atoms with E-state index in [1.165, 1.54) is 17.7 Å². The number of benzene rings is 2. The van der Waals surface area contributed by atoms with Crippen molar-refractivity contribution < 1.29 is 14.0 Å². The fraction of sp³-hybridized carbons (Fsp3) is 0.385. The van der Waals surface area contributed by atoms with Gasteiger partial charge in [-0.2, -0.15) is 0 Å². The van der Waals surface area contributed by atoms with Gasteiger partial charge in [0, 0.05) is 25.6 Å². The first kappa shape index (κ1) is 23.1. The van der Waals surface area contributed by atoms with E-state index >= 15 is 0 Å². The molecule has 0 bridgehead atoms. The first-order valence-electron chi connectivity index (χ1n) is 11.7. The lowest BCUT2D eigenvalue weighted by atomic mass is 9.94. The van der Waals surface area contributed by atoms with E-state index in [1.807, 2.05) is 0 Å². The van der Waals surface area contributed by atoms with Crippen molar-refractivity contribution in [1.82, 2.24) is 20.9 Å². The second-order valence-corrected chi connectivity index (χ2v) is 10.2. The van der Waals surface area contributed by atoms with Crippen LogP contribution in [0.3, 0.4) is 0 Å². The standard InChI is InChI=1S/C26H29FN4O2S/c1-16-3-2-4-19(13-16)21-15-34-23-22(21)29-26(30-25(23)33)31-11-9-18(10-12-31)24(32)28-14-17-5-7-20(27)8-6-17/h2-8,13,15,18,22-23,26,29H,9-12,14H2,1H3,(H,28,32)(H,30,33). The van der Waals surface area contributed by atoms with Gasteiger partial charge >= 0.3 is 0 Å². The van der Waals surface area contributed by atoms with E-state index < -0.39 is 0 Å². The number of fused-ring (bicyclic) bond motifs is 1. The van der Waals surface area contributed by atoms with Gasteiger partial charge in [0.15, 0.2) is 0 Å². The largest absolute Gasteiger partial charge is 0.352 e. The molecule has 2 saturated heterocycles. The Morgan fingerprint density at radius 1 is 1.18 bits per heavy atom. The molecule has 0 saturated carbocycles. The summed E-state index contributed by atoms with van der Waals surface area (Å²) in [6.07, 6.45) is 1.21. The van der Waals surface area contributed by atoms with Gasteiger partial charge in [-0.3, -0.25) is 19.8 Å². The third-order valence-corrected chi connectivity index (χ3v) is 8.02. The van der Waals surface area contributed by atoms with Crippen LogP contribution < -0.4 is 16.0 Å². The van der Waals surface area contributed by atoms with Gasteiger partial charge in [-0.1, -0.05) is 42.0 Å². The molecule has 3 aliphatic heterocycles. The van der Waals surface area contributed by atoms with Crippen molar-refractivity contribution in [2.75, 3.05) is 13.1 Å². The van der Waals surface area contributed by atoms with Crippen LogP contribution in [0.2, 0.25) is 0 Å². The molecular weight excluding hydrogens is 451 g/mol. The number of likely N-dealkylation sites (tertiary alicyclic amines) is 1. The second-order valence-electron chi connectivity index (χ2n) is 9.21. The average Bonchev–Trinajstić information content (AvgIpc) is 3.28. The van der Waals surface area contributed by atoms with E-state index in [0.29, 0.717) is 6.54 Å². The first-order valence-corrected chi connectivity index (χ1v) is 12.7. The lowest BCUT2D eigenvalue weighted by Gasteiger charge is -2.43. The number of hydrogen-bond donors (Lipinski definition) is 3. The smallest absolute Gasteiger partial charge is 0.237 e. The summed E-state index contributed by atoms with van der Waals surface area (Å²) in [5.74, 6) is -0.262. The molecule has 2 fully saturated rings. The number of nitrogens with one attached hydrogen (secondary N) is 3. The Bertz CT molecular complexity index is 1100. The van der Waals surface area contributed by atoms with Gasteiger partial charge in [0.2, 0.25) is 11.8 Å². The Morgan fingerprint density at radius 2 is 1.94 bits per heavy atom. The summed E-state index contributed by atoms with van der Waals surface area (Å²) in [4.78, 5) is 27.7. The van der Waals surface area contributed by atoms with Crippen LogP contribution in [0.5, 0.6) is 0 Å². The van der Waals surface area contributed by atoms with Crippen molar-refractivity contribution in [1.29, 1.82) is 0 Å². The van der Waals surface area contributed by atoms with Gasteiger partial charge < -0.3 is 10.6 Å². The zero-order chi connectivity index (χ0) is 23.7. The molecule has 178 valence electrons. The molecule has 0 aromatic heterocycles. The third-order valence-electron chi connectivity index (χ3n) is 6.85. The van der Waals surface area contributed by atoms with Gasteiger partial charge in [-0.05, 0) is 54.0 Å². The number of nitrogens with zero attached hydrogens (tertiary/aromatic N) is 1. The highest BCUT2D eigenvalue weighted by molar-refractivity contribution is 8.04. The summed E-state index contributed by atoms with van der Waals surface area (Å²) in [6, 6.07) is 14.5. The van der Waals surface area contributed by atoms with Gasteiger partial charge in [0.05, 0.1) is 6.04 Å². The number of piperidine rings is 1. The van der Waals surface area contributed by atoms with Crippen LogP contribution in [0.4, 0.5) is 4.39 Å². The average molecular weight is 481 g/mol. The summed E-state index contributed by atoms with van der Waals surface area (Å²) in [7, 11) is 0. The Morgan fingerprint density at radius 3 is 2.68 bits per heavy atom. The van der Waals surface area contributed by atoms with Crippen molar-refractivity contribution in [3.05, 3.63) is 76.4 Å². The number of carbonyl (C=O) groups excluding carboxylic acids is 2. The predicted molar refractivity (Wildman–Crippen MR) is 132 cm³/mol. The molecule has 0 aliphatic carbocycles. The Labute approximate surface area is 203 Å². The second kappa shape index (κ2) is 9.90. The fourth-order valence-electron chi connectivity index (χ4n) is 4.91. The topological polar surface area (TPSA) is 73.5 Å². The van der Waals surface area contributed by atoms with Crippen LogP contribution in [0, 0.1) is 18.7 Å². The van der Waals surface area contributed by atoms with Crippen LogP contribution in [-0.2, 0) is 16.1 Å². The maximum atomic E-state index is 13.1. The molecule has 34 heavy (non-hydrogen) atoms. The van der Waals surface area contributed by atoms with Crippen LogP contribution in [0.1, 0.15) is 29.5 Å². The highest BCUT2D eigenvalue weighted by atomic mass is 32.2. The van der Waals surface area contributed by atoms with Crippen LogP contribution in [0.15, 0.2) is 53.9 Å². The quantitative estimate of drug-likeness (QED) is 0.614. The maximum Gasteiger partial charge on any atom is 0.237 e. The number of carbonyl (C=O) groups is 2. The minimum atomic E-state index is -0.283. The minimum absolute atomic E-state index is 0.0292. The maximum absolute atomic E-state index is 13.1. The third kappa shape index (κ3) is 4.89. The summed E-state index contributed by atoms with van der Waals surface area (Å²) >= 11 is 1.57. The molecule has 0 spiro atoms. The SMILES string of the molecule is Cc1cccc(C2=CSC3C(=O)NC(N4CCC(C(=O)NCc5ccc(F)cc5)CC4)NC23)c1. The van der Waals surface area contributed by atoms with Crippen molar-refractivity contribution >= 4 is 29.1 Å². The van der Waals surface area contributed by atoms with Crippen LogP contribution in [0.25, 0.3) is 5.57 Å². The zero-order valence-electron chi connectivity index (χ0n) is 19.1. The lowest BCUT2D eigenvalue weighted by molar-refractivity contribution is -0.129. The molecule has 5 rings (SSSR count). The van der Waals surface area contributed by atoms with Gasteiger partial charge in [0.1, 0.15) is 17.4 Å². The molecule has 3 atom stereocenters. The monoisotopic (exact) mass is 480 g/mol. The normalized spacial score (nSPS) is 25.4. The Balaban J connectivity index is 1.16. The summed E-state index contributed by atoms with van der Waals surface area (Å²) in [5, 5.41) is 11.7. The molecule has 2 aromatic rings. The lowest BCUT2D eigenvalue weighted by Crippen LogP contribution is -2.68. The summed E-state index contributed by atoms with van der Waals surface area (Å²) in [6.45, 7) is 3.92. The summed E-state index contributed by atoms with van der Waals surface area (Å²) in [5.41, 5.74) is 4.39. The van der Waals surface area contributed by atoms with Crippen LogP contribution >= 0.6 is 11.8 Å². The van der Waals surface area contributed by atoms with E-state index in [4.69, 9.17) is 0 Å². The number of aryl methyl sites for hydroxylation is 1. The van der Waals surface area contributed by atoms with Gasteiger partial charge in [-0.25, -0.2) is 4.39 Å². The minimum Gasteiger partial charge on any atom is -0.352 e. The Hall–Kier alpha value is -2.68. The van der Waals surface area contributed by atoms with E-state index in [0.717, 1.165) is 42.6 Å². The van der Waals surface area contributed by atoms with Crippen molar-refractivity contribution in [2.24, 2.45) is 5.92 Å². The molecule has 6 nitrogen and oxygen atoms in total. The number of thioether (sulfide) groups is 1. The molecule has 3 unspecified atom stereocenters. The molecule has 0 radical (unpaired) electrons. The van der Waals surface area contributed by atoms with E-state index in [1.54, 1.807) is 23.9 Å². The number of halogens is 1. The van der Waals surface area contributed by atoms with Crippen molar-refractivity contribution in [3.8, 4) is 0 Å². The van der Waals surface area contributed by atoms with E-state index in [9.17, 15) is 14.0 Å². The number of amides is 2. The molecule has 3 N–H and O–H groups in total.